The second-order valence-corrected chi connectivity index (χ2v) is 9.61. The molecule has 2 saturated heterocycles. The van der Waals surface area contributed by atoms with E-state index in [2.05, 4.69) is 34.4 Å². The lowest BCUT2D eigenvalue weighted by molar-refractivity contribution is -0.154. The van der Waals surface area contributed by atoms with Gasteiger partial charge in [0.25, 0.3) is 0 Å². The zero-order valence-corrected chi connectivity index (χ0v) is 16.8. The van der Waals surface area contributed by atoms with Crippen LogP contribution in [0.5, 0.6) is 0 Å². The Morgan fingerprint density at radius 2 is 1.91 bits per heavy atom. The molecule has 2 heterocycles. The third-order valence-electron chi connectivity index (χ3n) is 6.66. The molecular weight excluding hydrogens is 401 g/mol. The van der Waals surface area contributed by atoms with Gasteiger partial charge in [-0.2, -0.15) is 0 Å². The van der Waals surface area contributed by atoms with Crippen molar-refractivity contribution in [1.29, 1.82) is 0 Å². The van der Waals surface area contributed by atoms with Gasteiger partial charge >= 0.3 is 5.97 Å². The molecule has 132 valence electrons. The Bertz CT molecular complexity index is 408. The lowest BCUT2D eigenvalue weighted by Crippen LogP contribution is -2.53. The fraction of sp³-hybridized carbons (Fsp3) is 0.947. The van der Waals surface area contributed by atoms with E-state index in [1.807, 2.05) is 0 Å². The Morgan fingerprint density at radius 1 is 1.17 bits per heavy atom. The molecule has 2 bridgehead atoms. The van der Waals surface area contributed by atoms with Crippen LogP contribution < -0.4 is 0 Å². The van der Waals surface area contributed by atoms with Crippen LogP contribution in [-0.4, -0.2) is 40.5 Å². The van der Waals surface area contributed by atoms with Crippen molar-refractivity contribution in [3.8, 4) is 0 Å². The maximum Gasteiger partial charge on any atom is 0.310 e. The quantitative estimate of drug-likeness (QED) is 0.365. The van der Waals surface area contributed by atoms with E-state index in [1.54, 1.807) is 7.11 Å². The number of carbonyl (C=O) groups excluding carboxylic acids is 1. The summed E-state index contributed by atoms with van der Waals surface area (Å²) < 4.78 is 6.12. The fourth-order valence-corrected chi connectivity index (χ4v) is 6.22. The first-order chi connectivity index (χ1) is 11.2. The molecular formula is C19H32INO2. The zero-order chi connectivity index (χ0) is 16.4. The van der Waals surface area contributed by atoms with Crippen molar-refractivity contribution in [2.24, 2.45) is 17.8 Å². The second-order valence-electron chi connectivity index (χ2n) is 7.85. The maximum absolute atomic E-state index is 12.6. The monoisotopic (exact) mass is 433 g/mol. The van der Waals surface area contributed by atoms with Gasteiger partial charge in [-0.05, 0) is 69.7 Å². The van der Waals surface area contributed by atoms with Crippen molar-refractivity contribution in [1.82, 2.24) is 4.90 Å². The number of piperidine rings is 1. The van der Waals surface area contributed by atoms with E-state index in [9.17, 15) is 4.79 Å². The summed E-state index contributed by atoms with van der Waals surface area (Å²) >= 11 is 2.60. The van der Waals surface area contributed by atoms with Crippen LogP contribution in [0, 0.1) is 17.8 Å². The number of hydrogen-bond donors (Lipinski definition) is 0. The number of halogens is 1. The van der Waals surface area contributed by atoms with E-state index in [1.165, 1.54) is 64.3 Å². The molecule has 0 aromatic rings. The summed E-state index contributed by atoms with van der Waals surface area (Å²) in [5.41, 5.74) is 0. The Morgan fingerprint density at radius 3 is 2.57 bits per heavy atom. The molecule has 3 aliphatic rings. The zero-order valence-electron chi connectivity index (χ0n) is 14.7. The van der Waals surface area contributed by atoms with Gasteiger partial charge in [0.15, 0.2) is 0 Å². The van der Waals surface area contributed by atoms with Crippen molar-refractivity contribution >= 4 is 28.6 Å². The highest BCUT2D eigenvalue weighted by Crippen LogP contribution is 2.49. The third kappa shape index (κ3) is 3.73. The Kier molecular flexibility index (Phi) is 6.27. The first-order valence-corrected chi connectivity index (χ1v) is 10.9. The minimum atomic E-state index is 0.0680. The summed E-state index contributed by atoms with van der Waals surface area (Å²) in [6, 6.07) is 1.19. The van der Waals surface area contributed by atoms with Crippen LogP contribution in [0.4, 0.5) is 0 Å². The largest absolute Gasteiger partial charge is 0.469 e. The Labute approximate surface area is 155 Å². The number of alkyl halides is 1. The number of carbonyl (C=O) groups is 1. The smallest absolute Gasteiger partial charge is 0.310 e. The van der Waals surface area contributed by atoms with E-state index in [-0.39, 0.29) is 11.9 Å². The van der Waals surface area contributed by atoms with Gasteiger partial charge in [-0.25, -0.2) is 0 Å². The Hall–Kier alpha value is 0.160. The lowest BCUT2D eigenvalue weighted by atomic mass is 9.68. The number of nitrogens with zero attached hydrogens (tertiary/aromatic N) is 1. The fourth-order valence-electron chi connectivity index (χ4n) is 5.50. The van der Waals surface area contributed by atoms with Gasteiger partial charge in [0, 0.05) is 16.0 Å². The molecule has 0 radical (unpaired) electrons. The van der Waals surface area contributed by atoms with E-state index >= 15 is 0 Å². The first kappa shape index (κ1) is 18.0. The number of rotatable bonds is 5. The predicted octanol–water partition coefficient (Wildman–Crippen LogP) is 4.42. The van der Waals surface area contributed by atoms with Crippen molar-refractivity contribution < 1.29 is 9.53 Å². The normalized spacial score (nSPS) is 41.0. The topological polar surface area (TPSA) is 29.5 Å². The molecule has 0 aromatic carbocycles. The number of esters is 1. The highest BCUT2D eigenvalue weighted by Gasteiger charge is 2.52. The molecule has 0 aromatic heterocycles. The molecule has 4 atom stereocenters. The van der Waals surface area contributed by atoms with Crippen LogP contribution in [-0.2, 0) is 9.53 Å². The van der Waals surface area contributed by atoms with Crippen LogP contribution in [0.1, 0.15) is 64.7 Å². The van der Waals surface area contributed by atoms with Gasteiger partial charge in [-0.1, -0.05) is 35.9 Å². The number of ether oxygens (including phenoxy) is 1. The molecule has 23 heavy (non-hydrogen) atoms. The summed E-state index contributed by atoms with van der Waals surface area (Å²) in [4.78, 5) is 15.3. The number of hydrogen-bond acceptors (Lipinski definition) is 3. The van der Waals surface area contributed by atoms with Crippen molar-refractivity contribution in [3.63, 3.8) is 0 Å². The molecule has 2 aliphatic heterocycles. The van der Waals surface area contributed by atoms with Crippen LogP contribution in [0.15, 0.2) is 0 Å². The van der Waals surface area contributed by atoms with Gasteiger partial charge in [-0.3, -0.25) is 9.69 Å². The maximum atomic E-state index is 12.6. The van der Waals surface area contributed by atoms with Crippen LogP contribution in [0.3, 0.4) is 0 Å². The van der Waals surface area contributed by atoms with Crippen molar-refractivity contribution in [3.05, 3.63) is 0 Å². The standard InChI is InChI=1S/C19H32INO2/c1-3-4-11-21-15-9-10-17(21)18(19(22)23-2)16(12-15)13-5-7-14(20)8-6-13/h13-18H,3-12H2,1-2H3/t13?,14?,15-,16-,17?,18?/m1/s1. The molecule has 2 unspecified atom stereocenters. The highest BCUT2D eigenvalue weighted by atomic mass is 127. The summed E-state index contributed by atoms with van der Waals surface area (Å²) in [7, 11) is 1.58. The van der Waals surface area contributed by atoms with Gasteiger partial charge in [0.2, 0.25) is 0 Å². The van der Waals surface area contributed by atoms with Crippen LogP contribution in [0.25, 0.3) is 0 Å². The minimum absolute atomic E-state index is 0.0680. The molecule has 3 nitrogen and oxygen atoms in total. The minimum Gasteiger partial charge on any atom is -0.469 e. The number of fused-ring (bicyclic) bond motifs is 2. The van der Waals surface area contributed by atoms with Crippen molar-refractivity contribution in [2.75, 3.05) is 13.7 Å². The summed E-state index contributed by atoms with van der Waals surface area (Å²) in [6.07, 6.45) is 11.5. The van der Waals surface area contributed by atoms with Crippen molar-refractivity contribution in [2.45, 2.75) is 80.7 Å². The molecule has 1 aliphatic carbocycles. The van der Waals surface area contributed by atoms with Crippen LogP contribution >= 0.6 is 22.6 Å². The number of unbranched alkanes of at least 4 members (excludes halogenated alkanes) is 1. The summed E-state index contributed by atoms with van der Waals surface area (Å²) in [5.74, 6) is 1.52. The summed E-state index contributed by atoms with van der Waals surface area (Å²) in [6.45, 7) is 3.43. The molecule has 0 spiro atoms. The SMILES string of the molecule is CCCCN1C2CC[C@@H]1C[C@H](C1CCC(I)CC1)C2C(=O)OC. The predicted molar refractivity (Wildman–Crippen MR) is 102 cm³/mol. The molecule has 0 N–H and O–H groups in total. The van der Waals surface area contributed by atoms with Gasteiger partial charge < -0.3 is 4.74 Å². The first-order valence-electron chi connectivity index (χ1n) is 9.63. The van der Waals surface area contributed by atoms with E-state index in [4.69, 9.17) is 4.74 Å². The second kappa shape index (κ2) is 8.03. The molecule has 3 fully saturated rings. The van der Waals surface area contributed by atoms with Gasteiger partial charge in [0.1, 0.15) is 0 Å². The molecule has 1 saturated carbocycles. The highest BCUT2D eigenvalue weighted by molar-refractivity contribution is 14.1. The van der Waals surface area contributed by atoms with E-state index in [0.717, 1.165) is 15.9 Å². The van der Waals surface area contributed by atoms with Gasteiger partial charge in [-0.15, -0.1) is 0 Å². The molecule has 4 heteroatoms. The molecule has 0 amide bonds. The van der Waals surface area contributed by atoms with Crippen LogP contribution in [0.2, 0.25) is 0 Å². The third-order valence-corrected chi connectivity index (χ3v) is 7.91. The average Bonchev–Trinajstić information content (AvgIpc) is 2.84. The van der Waals surface area contributed by atoms with E-state index in [0.29, 0.717) is 12.0 Å². The summed E-state index contributed by atoms with van der Waals surface area (Å²) in [5, 5.41) is 0. The van der Waals surface area contributed by atoms with Gasteiger partial charge in [0.05, 0.1) is 13.0 Å². The molecule has 3 rings (SSSR count). The lowest BCUT2D eigenvalue weighted by Gasteiger charge is -2.47. The Balaban J connectivity index is 1.76. The number of methoxy groups -OCH3 is 1. The average molecular weight is 433 g/mol. The van der Waals surface area contributed by atoms with E-state index < -0.39 is 0 Å².